The van der Waals surface area contributed by atoms with Crippen molar-refractivity contribution in [2.24, 2.45) is 5.92 Å². The molecule has 120 valence electrons. The van der Waals surface area contributed by atoms with Crippen molar-refractivity contribution in [3.05, 3.63) is 29.3 Å². The van der Waals surface area contributed by atoms with E-state index in [4.69, 9.17) is 16.7 Å². The molecule has 2 rings (SSSR count). The van der Waals surface area contributed by atoms with E-state index in [9.17, 15) is 9.59 Å². The first-order valence-electron chi connectivity index (χ1n) is 7.20. The third kappa shape index (κ3) is 5.10. The summed E-state index contributed by atoms with van der Waals surface area (Å²) in [4.78, 5) is 25.7. The molecule has 0 spiro atoms. The normalized spacial score (nSPS) is 18.0. The standard InChI is InChI=1S/C15H19ClN2O3S/c16-12-3-5-13(6-4-12)22-9-7-17-15(21)18-8-1-2-11(10-18)14(19)20/h3-6,11H,1-2,7-10H2,(H,17,21)(H,19,20). The number of likely N-dealkylation sites (tertiary alicyclic amines) is 1. The molecule has 5 nitrogen and oxygen atoms in total. The first-order chi connectivity index (χ1) is 10.6. The number of halogens is 1. The third-order valence-corrected chi connectivity index (χ3v) is 4.78. The number of nitrogens with zero attached hydrogens (tertiary/aromatic N) is 1. The zero-order valence-corrected chi connectivity index (χ0v) is 13.7. The van der Waals surface area contributed by atoms with Crippen molar-refractivity contribution < 1.29 is 14.7 Å². The van der Waals surface area contributed by atoms with Crippen molar-refractivity contribution in [1.29, 1.82) is 0 Å². The van der Waals surface area contributed by atoms with Gasteiger partial charge in [-0.25, -0.2) is 4.79 Å². The number of carboxylic acids is 1. The molecular weight excluding hydrogens is 324 g/mol. The molecule has 0 radical (unpaired) electrons. The molecule has 7 heteroatoms. The fourth-order valence-corrected chi connectivity index (χ4v) is 3.23. The van der Waals surface area contributed by atoms with E-state index in [0.29, 0.717) is 31.1 Å². The minimum absolute atomic E-state index is 0.178. The Balaban J connectivity index is 1.69. The van der Waals surface area contributed by atoms with E-state index >= 15 is 0 Å². The molecule has 1 atom stereocenters. The summed E-state index contributed by atoms with van der Waals surface area (Å²) in [6, 6.07) is 7.38. The highest BCUT2D eigenvalue weighted by Crippen LogP contribution is 2.20. The molecule has 1 aliphatic rings. The topological polar surface area (TPSA) is 69.6 Å². The Morgan fingerprint density at radius 3 is 2.77 bits per heavy atom. The summed E-state index contributed by atoms with van der Waals surface area (Å²) in [6.45, 7) is 1.46. The van der Waals surface area contributed by atoms with Crippen molar-refractivity contribution in [2.75, 3.05) is 25.4 Å². The minimum atomic E-state index is -0.823. The van der Waals surface area contributed by atoms with Gasteiger partial charge in [-0.1, -0.05) is 11.6 Å². The molecule has 1 heterocycles. The predicted molar refractivity (Wildman–Crippen MR) is 87.5 cm³/mol. The number of thioether (sulfide) groups is 1. The highest BCUT2D eigenvalue weighted by Gasteiger charge is 2.27. The second kappa shape index (κ2) is 8.29. The molecule has 22 heavy (non-hydrogen) atoms. The van der Waals surface area contributed by atoms with Crippen LogP contribution in [0, 0.1) is 5.92 Å². The molecule has 2 amide bonds. The molecule has 0 saturated carbocycles. The average molecular weight is 343 g/mol. The number of carboxylic acid groups (broad SMARTS) is 1. The van der Waals surface area contributed by atoms with Crippen LogP contribution in [0.2, 0.25) is 5.02 Å². The third-order valence-electron chi connectivity index (χ3n) is 3.52. The molecule has 0 bridgehead atoms. The lowest BCUT2D eigenvalue weighted by molar-refractivity contribution is -0.143. The first kappa shape index (κ1) is 17.0. The van der Waals surface area contributed by atoms with Crippen LogP contribution in [-0.4, -0.2) is 47.4 Å². The van der Waals surface area contributed by atoms with Crippen LogP contribution in [0.15, 0.2) is 29.2 Å². The Morgan fingerprint density at radius 1 is 1.36 bits per heavy atom. The Morgan fingerprint density at radius 2 is 2.09 bits per heavy atom. The number of carbonyl (C=O) groups excluding carboxylic acids is 1. The van der Waals surface area contributed by atoms with Crippen molar-refractivity contribution in [2.45, 2.75) is 17.7 Å². The zero-order valence-electron chi connectivity index (χ0n) is 12.1. The SMILES string of the molecule is O=C(O)C1CCCN(C(=O)NCCSc2ccc(Cl)cc2)C1. The maximum atomic E-state index is 12.0. The van der Waals surface area contributed by atoms with E-state index in [2.05, 4.69) is 5.32 Å². The van der Waals surface area contributed by atoms with Gasteiger partial charge in [-0.2, -0.15) is 0 Å². The zero-order chi connectivity index (χ0) is 15.9. The summed E-state index contributed by atoms with van der Waals surface area (Å²) in [5, 5.41) is 12.6. The van der Waals surface area contributed by atoms with Crippen LogP contribution in [0.25, 0.3) is 0 Å². The van der Waals surface area contributed by atoms with Crippen LogP contribution in [-0.2, 0) is 4.79 Å². The van der Waals surface area contributed by atoms with Gasteiger partial charge in [-0.15, -0.1) is 11.8 Å². The van der Waals surface area contributed by atoms with E-state index in [0.717, 1.165) is 17.1 Å². The largest absolute Gasteiger partial charge is 0.481 e. The van der Waals surface area contributed by atoms with Gasteiger partial charge in [0, 0.05) is 35.3 Å². The molecule has 1 unspecified atom stereocenters. The Bertz CT molecular complexity index is 524. The first-order valence-corrected chi connectivity index (χ1v) is 8.56. The molecule has 1 aromatic rings. The summed E-state index contributed by atoms with van der Waals surface area (Å²) < 4.78 is 0. The van der Waals surface area contributed by atoms with Gasteiger partial charge in [0.05, 0.1) is 5.92 Å². The summed E-state index contributed by atoms with van der Waals surface area (Å²) in [5.41, 5.74) is 0. The molecule has 1 aliphatic heterocycles. The number of rotatable bonds is 5. The number of benzene rings is 1. The van der Waals surface area contributed by atoms with Gasteiger partial charge in [-0.3, -0.25) is 4.79 Å². The summed E-state index contributed by atoms with van der Waals surface area (Å²) in [5.74, 6) is -0.512. The summed E-state index contributed by atoms with van der Waals surface area (Å²) >= 11 is 7.46. The van der Waals surface area contributed by atoms with Crippen LogP contribution in [0.4, 0.5) is 4.79 Å². The predicted octanol–water partition coefficient (Wildman–Crippen LogP) is 2.94. The lowest BCUT2D eigenvalue weighted by atomic mass is 9.99. The number of hydrogen-bond acceptors (Lipinski definition) is 3. The molecule has 1 aromatic carbocycles. The van der Waals surface area contributed by atoms with Gasteiger partial charge in [0.2, 0.25) is 0 Å². The maximum Gasteiger partial charge on any atom is 0.317 e. The van der Waals surface area contributed by atoms with E-state index in [1.54, 1.807) is 16.7 Å². The van der Waals surface area contributed by atoms with Crippen LogP contribution in [0.3, 0.4) is 0 Å². The van der Waals surface area contributed by atoms with E-state index in [1.165, 1.54) is 0 Å². The molecule has 1 saturated heterocycles. The highest BCUT2D eigenvalue weighted by molar-refractivity contribution is 7.99. The van der Waals surface area contributed by atoms with Gasteiger partial charge >= 0.3 is 12.0 Å². The van der Waals surface area contributed by atoms with Crippen LogP contribution in [0.1, 0.15) is 12.8 Å². The van der Waals surface area contributed by atoms with Crippen molar-refractivity contribution >= 4 is 35.4 Å². The smallest absolute Gasteiger partial charge is 0.317 e. The number of hydrogen-bond donors (Lipinski definition) is 2. The quantitative estimate of drug-likeness (QED) is 0.637. The van der Waals surface area contributed by atoms with E-state index < -0.39 is 11.9 Å². The Hall–Kier alpha value is -1.40. The lowest BCUT2D eigenvalue weighted by Crippen LogP contribution is -2.47. The monoisotopic (exact) mass is 342 g/mol. The summed E-state index contributed by atoms with van der Waals surface area (Å²) in [7, 11) is 0. The van der Waals surface area contributed by atoms with E-state index in [1.807, 2.05) is 24.3 Å². The molecular formula is C15H19ClN2O3S. The van der Waals surface area contributed by atoms with Crippen LogP contribution in [0.5, 0.6) is 0 Å². The minimum Gasteiger partial charge on any atom is -0.481 e. The number of aliphatic carboxylic acids is 1. The van der Waals surface area contributed by atoms with Crippen LogP contribution >= 0.6 is 23.4 Å². The fraction of sp³-hybridized carbons (Fsp3) is 0.467. The van der Waals surface area contributed by atoms with Crippen molar-refractivity contribution in [1.82, 2.24) is 10.2 Å². The van der Waals surface area contributed by atoms with Crippen molar-refractivity contribution in [3.63, 3.8) is 0 Å². The van der Waals surface area contributed by atoms with Crippen LogP contribution < -0.4 is 5.32 Å². The maximum absolute atomic E-state index is 12.0. The molecule has 0 aliphatic carbocycles. The summed E-state index contributed by atoms with van der Waals surface area (Å²) in [6.07, 6.45) is 1.38. The fourth-order valence-electron chi connectivity index (χ4n) is 2.33. The Labute approximate surface area is 139 Å². The number of nitrogens with one attached hydrogen (secondary N) is 1. The number of carbonyl (C=O) groups is 2. The molecule has 1 fully saturated rings. The number of piperidine rings is 1. The number of amides is 2. The highest BCUT2D eigenvalue weighted by atomic mass is 35.5. The van der Waals surface area contributed by atoms with Crippen molar-refractivity contribution in [3.8, 4) is 0 Å². The van der Waals surface area contributed by atoms with Gasteiger partial charge in [0.25, 0.3) is 0 Å². The Kier molecular flexibility index (Phi) is 6.39. The molecule has 0 aromatic heterocycles. The number of urea groups is 1. The van der Waals surface area contributed by atoms with Gasteiger partial charge in [0.15, 0.2) is 0 Å². The second-order valence-electron chi connectivity index (χ2n) is 5.16. The van der Waals surface area contributed by atoms with Gasteiger partial charge in [-0.05, 0) is 37.1 Å². The van der Waals surface area contributed by atoms with E-state index in [-0.39, 0.29) is 6.03 Å². The molecule has 2 N–H and O–H groups in total. The lowest BCUT2D eigenvalue weighted by Gasteiger charge is -2.30. The van der Waals surface area contributed by atoms with Gasteiger partial charge in [0.1, 0.15) is 0 Å². The average Bonchev–Trinajstić information content (AvgIpc) is 2.53. The van der Waals surface area contributed by atoms with Gasteiger partial charge < -0.3 is 15.3 Å². The second-order valence-corrected chi connectivity index (χ2v) is 6.76.